The van der Waals surface area contributed by atoms with Crippen LogP contribution in [0.1, 0.15) is 45.6 Å². The molecule has 0 saturated carbocycles. The second-order valence-electron chi connectivity index (χ2n) is 6.30. The van der Waals surface area contributed by atoms with Gasteiger partial charge in [0.15, 0.2) is 0 Å². The molecule has 2 heterocycles. The summed E-state index contributed by atoms with van der Waals surface area (Å²) in [4.78, 5) is 19.3. The molecule has 4 nitrogen and oxygen atoms in total. The normalized spacial score (nSPS) is 22.3. The van der Waals surface area contributed by atoms with Crippen LogP contribution in [-0.2, 0) is 11.3 Å². The first-order chi connectivity index (χ1) is 10.1. The highest BCUT2D eigenvalue weighted by Crippen LogP contribution is 2.33. The summed E-state index contributed by atoms with van der Waals surface area (Å²) in [5, 5.41) is 3.41. The van der Waals surface area contributed by atoms with Crippen molar-refractivity contribution >= 4 is 5.91 Å². The van der Waals surface area contributed by atoms with Crippen molar-refractivity contribution in [3.05, 3.63) is 30.1 Å². The number of aromatic nitrogens is 1. The van der Waals surface area contributed by atoms with Crippen LogP contribution in [0.4, 0.5) is 0 Å². The zero-order chi connectivity index (χ0) is 15.3. The van der Waals surface area contributed by atoms with E-state index in [2.05, 4.69) is 31.1 Å². The van der Waals surface area contributed by atoms with Crippen LogP contribution in [0.3, 0.4) is 0 Å². The standard InChI is InChI=1S/C17H27N3O/c1-4-17(8-6-10-19-13-17)16(21)20(14(2)3)12-15-7-5-9-18-11-15/h5,7,9,11,14,19H,4,6,8,10,12-13H2,1-3H3. The van der Waals surface area contributed by atoms with Crippen LogP contribution in [0.5, 0.6) is 0 Å². The van der Waals surface area contributed by atoms with Crippen LogP contribution in [0.25, 0.3) is 0 Å². The summed E-state index contributed by atoms with van der Waals surface area (Å²) in [6.07, 6.45) is 6.59. The molecule has 1 saturated heterocycles. The van der Waals surface area contributed by atoms with Gasteiger partial charge in [0.05, 0.1) is 5.41 Å². The number of hydrogen-bond donors (Lipinski definition) is 1. The molecule has 1 atom stereocenters. The molecule has 1 amide bonds. The first-order valence-corrected chi connectivity index (χ1v) is 8.00. The van der Waals surface area contributed by atoms with Crippen molar-refractivity contribution in [2.24, 2.45) is 5.41 Å². The van der Waals surface area contributed by atoms with Gasteiger partial charge in [-0.2, -0.15) is 0 Å². The molecule has 1 unspecified atom stereocenters. The number of nitrogens with one attached hydrogen (secondary N) is 1. The highest BCUT2D eigenvalue weighted by atomic mass is 16.2. The number of carbonyl (C=O) groups excluding carboxylic acids is 1. The van der Waals surface area contributed by atoms with Gasteiger partial charge in [-0.25, -0.2) is 0 Å². The van der Waals surface area contributed by atoms with Gasteiger partial charge in [-0.15, -0.1) is 0 Å². The summed E-state index contributed by atoms with van der Waals surface area (Å²) in [6.45, 7) is 8.79. The SMILES string of the molecule is CCC1(C(=O)N(Cc2cccnc2)C(C)C)CCCNC1. The molecule has 0 bridgehead atoms. The molecule has 1 aliphatic rings. The molecular formula is C17H27N3O. The Bertz CT molecular complexity index is 452. The monoisotopic (exact) mass is 289 g/mol. The fourth-order valence-corrected chi connectivity index (χ4v) is 3.09. The Morgan fingerprint density at radius 1 is 1.52 bits per heavy atom. The maximum absolute atomic E-state index is 13.2. The van der Waals surface area contributed by atoms with Crippen molar-refractivity contribution in [1.82, 2.24) is 15.2 Å². The van der Waals surface area contributed by atoms with Gasteiger partial charge in [0.1, 0.15) is 0 Å². The Balaban J connectivity index is 2.18. The highest BCUT2D eigenvalue weighted by molar-refractivity contribution is 5.83. The van der Waals surface area contributed by atoms with E-state index in [4.69, 9.17) is 0 Å². The van der Waals surface area contributed by atoms with E-state index >= 15 is 0 Å². The topological polar surface area (TPSA) is 45.2 Å². The molecule has 1 aromatic rings. The number of nitrogens with zero attached hydrogens (tertiary/aromatic N) is 2. The maximum Gasteiger partial charge on any atom is 0.230 e. The van der Waals surface area contributed by atoms with Crippen LogP contribution in [0.15, 0.2) is 24.5 Å². The van der Waals surface area contributed by atoms with Crippen LogP contribution < -0.4 is 5.32 Å². The van der Waals surface area contributed by atoms with Gasteiger partial charge in [0, 0.05) is 31.5 Å². The molecule has 0 radical (unpaired) electrons. The molecule has 1 fully saturated rings. The molecule has 0 spiro atoms. The molecule has 1 aromatic heterocycles. The third-order valence-corrected chi connectivity index (χ3v) is 4.56. The fraction of sp³-hybridized carbons (Fsp3) is 0.647. The van der Waals surface area contributed by atoms with E-state index < -0.39 is 0 Å². The van der Waals surface area contributed by atoms with E-state index in [1.807, 2.05) is 23.2 Å². The average molecular weight is 289 g/mol. The van der Waals surface area contributed by atoms with E-state index in [0.29, 0.717) is 6.54 Å². The van der Waals surface area contributed by atoms with E-state index in [1.165, 1.54) is 0 Å². The van der Waals surface area contributed by atoms with E-state index in [0.717, 1.165) is 37.9 Å². The largest absolute Gasteiger partial charge is 0.335 e. The van der Waals surface area contributed by atoms with Crippen LogP contribution in [-0.4, -0.2) is 34.9 Å². The van der Waals surface area contributed by atoms with Crippen molar-refractivity contribution in [3.63, 3.8) is 0 Å². The van der Waals surface area contributed by atoms with Gasteiger partial charge in [-0.3, -0.25) is 9.78 Å². The first kappa shape index (κ1) is 16.0. The highest BCUT2D eigenvalue weighted by Gasteiger charge is 2.41. The lowest BCUT2D eigenvalue weighted by molar-refractivity contribution is -0.146. The smallest absolute Gasteiger partial charge is 0.230 e. The lowest BCUT2D eigenvalue weighted by Gasteiger charge is -2.41. The summed E-state index contributed by atoms with van der Waals surface area (Å²) in [6, 6.07) is 4.16. The Kier molecular flexibility index (Phi) is 5.34. The quantitative estimate of drug-likeness (QED) is 0.906. The fourth-order valence-electron chi connectivity index (χ4n) is 3.09. The van der Waals surface area contributed by atoms with Crippen molar-refractivity contribution in [1.29, 1.82) is 0 Å². The molecule has 2 rings (SSSR count). The summed E-state index contributed by atoms with van der Waals surface area (Å²) < 4.78 is 0. The van der Waals surface area contributed by atoms with E-state index in [9.17, 15) is 4.79 Å². The Labute approximate surface area is 127 Å². The molecule has 0 aromatic carbocycles. The third-order valence-electron chi connectivity index (χ3n) is 4.56. The number of piperidine rings is 1. The summed E-state index contributed by atoms with van der Waals surface area (Å²) in [5.41, 5.74) is 0.861. The van der Waals surface area contributed by atoms with Crippen molar-refractivity contribution in [2.75, 3.05) is 13.1 Å². The number of hydrogen-bond acceptors (Lipinski definition) is 3. The van der Waals surface area contributed by atoms with E-state index in [1.54, 1.807) is 6.20 Å². The number of amides is 1. The maximum atomic E-state index is 13.2. The number of pyridine rings is 1. The minimum absolute atomic E-state index is 0.197. The van der Waals surface area contributed by atoms with Crippen LogP contribution >= 0.6 is 0 Å². The number of carbonyl (C=O) groups is 1. The molecule has 116 valence electrons. The molecule has 21 heavy (non-hydrogen) atoms. The average Bonchev–Trinajstić information content (AvgIpc) is 2.53. The van der Waals surface area contributed by atoms with Crippen molar-refractivity contribution < 1.29 is 4.79 Å². The predicted molar refractivity (Wildman–Crippen MR) is 84.8 cm³/mol. The lowest BCUT2D eigenvalue weighted by atomic mass is 9.76. The van der Waals surface area contributed by atoms with Crippen molar-refractivity contribution in [3.8, 4) is 0 Å². The van der Waals surface area contributed by atoms with Gasteiger partial charge >= 0.3 is 0 Å². The molecule has 0 aliphatic carbocycles. The van der Waals surface area contributed by atoms with Gasteiger partial charge < -0.3 is 10.2 Å². The minimum Gasteiger partial charge on any atom is -0.335 e. The lowest BCUT2D eigenvalue weighted by Crippen LogP contribution is -2.53. The zero-order valence-corrected chi connectivity index (χ0v) is 13.4. The summed E-state index contributed by atoms with van der Waals surface area (Å²) >= 11 is 0. The van der Waals surface area contributed by atoms with Crippen LogP contribution in [0, 0.1) is 5.41 Å². The summed E-state index contributed by atoms with van der Waals surface area (Å²) in [5.74, 6) is 0.288. The Morgan fingerprint density at radius 2 is 2.33 bits per heavy atom. The third kappa shape index (κ3) is 3.62. The molecule has 1 aliphatic heterocycles. The first-order valence-electron chi connectivity index (χ1n) is 8.00. The predicted octanol–water partition coefficient (Wildman–Crippen LogP) is 2.60. The molecule has 4 heteroatoms. The molecular weight excluding hydrogens is 262 g/mol. The second kappa shape index (κ2) is 7.03. The van der Waals surface area contributed by atoms with Gasteiger partial charge in [-0.1, -0.05) is 13.0 Å². The summed E-state index contributed by atoms with van der Waals surface area (Å²) in [7, 11) is 0. The number of rotatable bonds is 5. The zero-order valence-electron chi connectivity index (χ0n) is 13.4. The molecule has 1 N–H and O–H groups in total. The van der Waals surface area contributed by atoms with Crippen molar-refractivity contribution in [2.45, 2.75) is 52.6 Å². The second-order valence-corrected chi connectivity index (χ2v) is 6.30. The minimum atomic E-state index is -0.231. The van der Waals surface area contributed by atoms with E-state index in [-0.39, 0.29) is 17.4 Å². The van der Waals surface area contributed by atoms with Gasteiger partial charge in [0.2, 0.25) is 5.91 Å². The Morgan fingerprint density at radius 3 is 2.86 bits per heavy atom. The van der Waals surface area contributed by atoms with Gasteiger partial charge in [-0.05, 0) is 51.3 Å². The Hall–Kier alpha value is -1.42. The van der Waals surface area contributed by atoms with Gasteiger partial charge in [0.25, 0.3) is 0 Å². The van der Waals surface area contributed by atoms with Crippen LogP contribution in [0.2, 0.25) is 0 Å².